The number of piperidine rings is 1. The lowest BCUT2D eigenvalue weighted by atomic mass is 10.1. The lowest BCUT2D eigenvalue weighted by molar-refractivity contribution is 0.0263. The number of rotatable bonds is 6. The van der Waals surface area contributed by atoms with Crippen LogP contribution < -0.4 is 10.2 Å². The van der Waals surface area contributed by atoms with Gasteiger partial charge in [-0.05, 0) is 44.4 Å². The van der Waals surface area contributed by atoms with Gasteiger partial charge in [-0.25, -0.2) is 4.99 Å². The topological polar surface area (TPSA) is 49.3 Å². The van der Waals surface area contributed by atoms with Gasteiger partial charge in [-0.1, -0.05) is 12.1 Å². The molecular formula is C21H35IN4O2. The number of hydrogen-bond donors (Lipinski definition) is 1. The molecular weight excluding hydrogens is 467 g/mol. The predicted octanol–water partition coefficient (Wildman–Crippen LogP) is 3.11. The van der Waals surface area contributed by atoms with E-state index in [9.17, 15) is 0 Å². The van der Waals surface area contributed by atoms with Crippen LogP contribution in [0.15, 0.2) is 29.3 Å². The molecule has 0 aliphatic carbocycles. The van der Waals surface area contributed by atoms with Crippen LogP contribution >= 0.6 is 24.0 Å². The van der Waals surface area contributed by atoms with Crippen LogP contribution in [-0.2, 0) is 16.0 Å². The maximum absolute atomic E-state index is 5.76. The number of morpholine rings is 1. The molecule has 0 spiro atoms. The minimum absolute atomic E-state index is 0. The number of nitrogens with zero attached hydrogens (tertiary/aromatic N) is 3. The number of nitrogens with one attached hydrogen (secondary N) is 1. The number of aliphatic imine (C=N–C) groups is 1. The fourth-order valence-electron chi connectivity index (χ4n) is 3.70. The van der Waals surface area contributed by atoms with Crippen molar-refractivity contribution in [3.05, 3.63) is 29.8 Å². The molecule has 2 fully saturated rings. The first kappa shape index (κ1) is 23.2. The van der Waals surface area contributed by atoms with Gasteiger partial charge >= 0.3 is 0 Å². The molecule has 0 atom stereocenters. The van der Waals surface area contributed by atoms with Gasteiger partial charge in [0.25, 0.3) is 0 Å². The molecule has 7 heteroatoms. The summed E-state index contributed by atoms with van der Waals surface area (Å²) in [5.74, 6) is 1.02. The lowest BCUT2D eigenvalue weighted by Crippen LogP contribution is -2.47. The van der Waals surface area contributed by atoms with Crippen molar-refractivity contribution in [1.29, 1.82) is 0 Å². The molecule has 2 aliphatic heterocycles. The van der Waals surface area contributed by atoms with Gasteiger partial charge in [0.05, 0.1) is 25.9 Å². The maximum atomic E-state index is 5.76. The summed E-state index contributed by atoms with van der Waals surface area (Å²) in [5.41, 5.74) is 2.52. The van der Waals surface area contributed by atoms with Crippen LogP contribution in [0.1, 0.15) is 32.3 Å². The van der Waals surface area contributed by atoms with E-state index in [0.717, 1.165) is 71.3 Å². The maximum Gasteiger partial charge on any atom is 0.194 e. The third-order valence-corrected chi connectivity index (χ3v) is 5.20. The van der Waals surface area contributed by atoms with E-state index >= 15 is 0 Å². The Labute approximate surface area is 186 Å². The standard InChI is InChI=1S/C21H34N4O2.HI/c1-3-22-21(25-11-9-20(10-12-25)27-4-2)23-17-18-5-7-19(8-6-18)24-13-15-26-16-14-24;/h5-8,20H,3-4,9-17H2,1-2H3,(H,22,23);1H. The van der Waals surface area contributed by atoms with E-state index < -0.39 is 0 Å². The van der Waals surface area contributed by atoms with Crippen molar-refractivity contribution < 1.29 is 9.47 Å². The molecule has 28 heavy (non-hydrogen) atoms. The molecule has 0 bridgehead atoms. The second-order valence-corrected chi connectivity index (χ2v) is 7.08. The highest BCUT2D eigenvalue weighted by Gasteiger charge is 2.21. The number of benzene rings is 1. The average Bonchev–Trinajstić information content (AvgIpc) is 2.73. The van der Waals surface area contributed by atoms with Gasteiger partial charge in [-0.3, -0.25) is 0 Å². The van der Waals surface area contributed by atoms with E-state index in [2.05, 4.69) is 53.2 Å². The Hall–Kier alpha value is -1.06. The molecule has 0 radical (unpaired) electrons. The summed E-state index contributed by atoms with van der Waals surface area (Å²) in [6.07, 6.45) is 2.56. The number of halogens is 1. The molecule has 0 saturated carbocycles. The fourth-order valence-corrected chi connectivity index (χ4v) is 3.70. The molecule has 2 saturated heterocycles. The molecule has 1 aromatic rings. The Morgan fingerprint density at radius 3 is 2.39 bits per heavy atom. The summed E-state index contributed by atoms with van der Waals surface area (Å²) in [7, 11) is 0. The lowest BCUT2D eigenvalue weighted by Gasteiger charge is -2.34. The van der Waals surface area contributed by atoms with Crippen molar-refractivity contribution >= 4 is 35.6 Å². The summed E-state index contributed by atoms with van der Waals surface area (Å²) in [4.78, 5) is 9.62. The van der Waals surface area contributed by atoms with E-state index in [-0.39, 0.29) is 24.0 Å². The monoisotopic (exact) mass is 502 g/mol. The highest BCUT2D eigenvalue weighted by molar-refractivity contribution is 14.0. The van der Waals surface area contributed by atoms with Gasteiger partial charge in [0.2, 0.25) is 0 Å². The molecule has 0 aromatic heterocycles. The Morgan fingerprint density at radius 1 is 1.11 bits per heavy atom. The number of ether oxygens (including phenoxy) is 2. The SMILES string of the molecule is CCNC(=NCc1ccc(N2CCOCC2)cc1)N1CCC(OCC)CC1.I. The predicted molar refractivity (Wildman–Crippen MR) is 126 cm³/mol. The van der Waals surface area contributed by atoms with Gasteiger partial charge < -0.3 is 24.6 Å². The van der Waals surface area contributed by atoms with Gasteiger partial charge in [-0.2, -0.15) is 0 Å². The Bertz CT molecular complexity index is 583. The van der Waals surface area contributed by atoms with Gasteiger partial charge in [0, 0.05) is 45.0 Å². The third kappa shape index (κ3) is 6.77. The van der Waals surface area contributed by atoms with Crippen LogP contribution in [0.5, 0.6) is 0 Å². The van der Waals surface area contributed by atoms with Crippen LogP contribution in [0.25, 0.3) is 0 Å². The molecule has 2 aliphatic rings. The van der Waals surface area contributed by atoms with Gasteiger partial charge in [-0.15, -0.1) is 24.0 Å². The van der Waals surface area contributed by atoms with Crippen LogP contribution in [0.4, 0.5) is 5.69 Å². The Kier molecular flexibility index (Phi) is 10.4. The van der Waals surface area contributed by atoms with Crippen molar-refractivity contribution in [2.24, 2.45) is 4.99 Å². The fraction of sp³-hybridized carbons (Fsp3) is 0.667. The summed E-state index contributed by atoms with van der Waals surface area (Å²) in [6, 6.07) is 8.80. The average molecular weight is 502 g/mol. The zero-order chi connectivity index (χ0) is 18.9. The molecule has 6 nitrogen and oxygen atoms in total. The normalized spacial score (nSPS) is 18.7. The number of hydrogen-bond acceptors (Lipinski definition) is 4. The quantitative estimate of drug-likeness (QED) is 0.368. The summed E-state index contributed by atoms with van der Waals surface area (Å²) in [6.45, 7) is 12.2. The largest absolute Gasteiger partial charge is 0.378 e. The highest BCUT2D eigenvalue weighted by Crippen LogP contribution is 2.18. The molecule has 1 N–H and O–H groups in total. The van der Waals surface area contributed by atoms with Crippen LogP contribution in [0.2, 0.25) is 0 Å². The van der Waals surface area contributed by atoms with Gasteiger partial charge in [0.15, 0.2) is 5.96 Å². The van der Waals surface area contributed by atoms with Crippen molar-refractivity contribution in [3.63, 3.8) is 0 Å². The molecule has 2 heterocycles. The molecule has 158 valence electrons. The minimum atomic E-state index is 0. The van der Waals surface area contributed by atoms with E-state index in [1.54, 1.807) is 0 Å². The first-order valence-electron chi connectivity index (χ1n) is 10.4. The van der Waals surface area contributed by atoms with E-state index in [1.807, 2.05) is 0 Å². The van der Waals surface area contributed by atoms with E-state index in [4.69, 9.17) is 14.5 Å². The second kappa shape index (κ2) is 12.5. The number of guanidine groups is 1. The van der Waals surface area contributed by atoms with Crippen molar-refractivity contribution in [2.45, 2.75) is 39.3 Å². The number of anilines is 1. The van der Waals surface area contributed by atoms with E-state index in [0.29, 0.717) is 12.6 Å². The zero-order valence-corrected chi connectivity index (χ0v) is 19.6. The van der Waals surface area contributed by atoms with Crippen molar-refractivity contribution in [2.75, 3.05) is 57.4 Å². The molecule has 0 unspecified atom stereocenters. The highest BCUT2D eigenvalue weighted by atomic mass is 127. The number of likely N-dealkylation sites (tertiary alicyclic amines) is 1. The molecule has 3 rings (SSSR count). The molecule has 0 amide bonds. The zero-order valence-electron chi connectivity index (χ0n) is 17.2. The summed E-state index contributed by atoms with van der Waals surface area (Å²) >= 11 is 0. The van der Waals surface area contributed by atoms with Crippen molar-refractivity contribution in [1.82, 2.24) is 10.2 Å². The van der Waals surface area contributed by atoms with Crippen LogP contribution in [0.3, 0.4) is 0 Å². The Balaban J connectivity index is 0.00000280. The van der Waals surface area contributed by atoms with Crippen LogP contribution in [0, 0.1) is 0 Å². The minimum Gasteiger partial charge on any atom is -0.378 e. The molecule has 1 aromatic carbocycles. The van der Waals surface area contributed by atoms with Crippen molar-refractivity contribution in [3.8, 4) is 0 Å². The Morgan fingerprint density at radius 2 is 1.79 bits per heavy atom. The smallest absolute Gasteiger partial charge is 0.194 e. The summed E-state index contributed by atoms with van der Waals surface area (Å²) < 4.78 is 11.2. The first-order chi connectivity index (χ1) is 13.3. The first-order valence-corrected chi connectivity index (χ1v) is 10.4. The second-order valence-electron chi connectivity index (χ2n) is 7.08. The third-order valence-electron chi connectivity index (χ3n) is 5.20. The van der Waals surface area contributed by atoms with Gasteiger partial charge in [0.1, 0.15) is 0 Å². The van der Waals surface area contributed by atoms with Crippen LogP contribution in [-0.4, -0.2) is 69.5 Å². The van der Waals surface area contributed by atoms with E-state index in [1.165, 1.54) is 11.3 Å². The summed E-state index contributed by atoms with van der Waals surface area (Å²) in [5, 5.41) is 3.45.